The first-order valence-electron chi connectivity index (χ1n) is 12.3. The van der Waals surface area contributed by atoms with Crippen LogP contribution in [0.2, 0.25) is 0 Å². The van der Waals surface area contributed by atoms with Crippen molar-refractivity contribution >= 4 is 5.78 Å². The number of Topliss-reactive ketones (excluding diaryl/α,β-unsaturated/α-hetero) is 1. The Morgan fingerprint density at radius 2 is 1.28 bits per heavy atom. The Morgan fingerprint density at radius 3 is 1.84 bits per heavy atom. The molecule has 168 valence electrons. The van der Waals surface area contributed by atoms with E-state index in [9.17, 15) is 4.79 Å². The standard InChI is InChI=1S/C31H38O/c1-5-7-9-11-26-12-16-27(17-13-26)29-20-21-30(23(3)22-29)31(24(4)32)28-18-14-25(15-19-28)10-8-6-2/h12-22,31H,5-11H2,1-4H3. The maximum absolute atomic E-state index is 12.7. The van der Waals surface area contributed by atoms with Gasteiger partial charge in [-0.3, -0.25) is 4.79 Å². The van der Waals surface area contributed by atoms with E-state index in [0.717, 1.165) is 24.0 Å². The van der Waals surface area contributed by atoms with Gasteiger partial charge in [0.25, 0.3) is 0 Å². The minimum absolute atomic E-state index is 0.193. The monoisotopic (exact) mass is 426 g/mol. The first-order chi connectivity index (χ1) is 15.5. The van der Waals surface area contributed by atoms with Gasteiger partial charge in [-0.1, -0.05) is 99.8 Å². The summed E-state index contributed by atoms with van der Waals surface area (Å²) in [5.41, 5.74) is 8.58. The third-order valence-electron chi connectivity index (χ3n) is 6.48. The molecule has 1 unspecified atom stereocenters. The van der Waals surface area contributed by atoms with Crippen LogP contribution >= 0.6 is 0 Å². The van der Waals surface area contributed by atoms with Gasteiger partial charge in [0, 0.05) is 0 Å². The van der Waals surface area contributed by atoms with Crippen LogP contribution in [0.5, 0.6) is 0 Å². The molecule has 0 saturated carbocycles. The van der Waals surface area contributed by atoms with Crippen LogP contribution in [0.25, 0.3) is 11.1 Å². The topological polar surface area (TPSA) is 17.1 Å². The zero-order valence-corrected chi connectivity index (χ0v) is 20.3. The van der Waals surface area contributed by atoms with E-state index in [1.54, 1.807) is 6.92 Å². The average Bonchev–Trinajstić information content (AvgIpc) is 2.80. The van der Waals surface area contributed by atoms with E-state index in [1.165, 1.54) is 59.9 Å². The summed E-state index contributed by atoms with van der Waals surface area (Å²) >= 11 is 0. The van der Waals surface area contributed by atoms with Crippen LogP contribution in [0.3, 0.4) is 0 Å². The molecule has 0 aromatic heterocycles. The first kappa shape index (κ1) is 24.0. The third kappa shape index (κ3) is 6.19. The maximum atomic E-state index is 12.7. The lowest BCUT2D eigenvalue weighted by Gasteiger charge is -2.19. The third-order valence-corrected chi connectivity index (χ3v) is 6.48. The molecule has 0 amide bonds. The molecule has 0 aliphatic rings. The summed E-state index contributed by atoms with van der Waals surface area (Å²) < 4.78 is 0. The van der Waals surface area contributed by atoms with Crippen molar-refractivity contribution in [1.29, 1.82) is 0 Å². The summed E-state index contributed by atoms with van der Waals surface area (Å²) in [5, 5.41) is 0. The van der Waals surface area contributed by atoms with E-state index < -0.39 is 0 Å². The molecule has 0 aliphatic carbocycles. The Hall–Kier alpha value is -2.67. The molecular formula is C31H38O. The Labute approximate surface area is 194 Å². The fraction of sp³-hybridized carbons (Fsp3) is 0.387. The van der Waals surface area contributed by atoms with Gasteiger partial charge < -0.3 is 0 Å². The van der Waals surface area contributed by atoms with Gasteiger partial charge in [0.15, 0.2) is 0 Å². The fourth-order valence-electron chi connectivity index (χ4n) is 4.51. The lowest BCUT2D eigenvalue weighted by atomic mass is 9.84. The second-order valence-electron chi connectivity index (χ2n) is 9.11. The predicted molar refractivity (Wildman–Crippen MR) is 137 cm³/mol. The second kappa shape index (κ2) is 11.8. The zero-order valence-electron chi connectivity index (χ0n) is 20.3. The highest BCUT2D eigenvalue weighted by Gasteiger charge is 2.21. The first-order valence-corrected chi connectivity index (χ1v) is 12.3. The molecule has 0 bridgehead atoms. The van der Waals surface area contributed by atoms with Crippen molar-refractivity contribution in [1.82, 2.24) is 0 Å². The molecule has 0 radical (unpaired) electrons. The molecule has 3 aromatic carbocycles. The van der Waals surface area contributed by atoms with Crippen LogP contribution in [0, 0.1) is 6.92 Å². The van der Waals surface area contributed by atoms with Crippen molar-refractivity contribution in [2.45, 2.75) is 78.6 Å². The molecule has 1 atom stereocenters. The van der Waals surface area contributed by atoms with E-state index in [-0.39, 0.29) is 11.7 Å². The van der Waals surface area contributed by atoms with Crippen molar-refractivity contribution in [3.05, 3.63) is 94.5 Å². The minimum atomic E-state index is -0.204. The van der Waals surface area contributed by atoms with E-state index >= 15 is 0 Å². The van der Waals surface area contributed by atoms with Crippen molar-refractivity contribution < 1.29 is 4.79 Å². The molecule has 0 aliphatic heterocycles. The number of benzene rings is 3. The number of ketones is 1. The largest absolute Gasteiger partial charge is 0.299 e. The quantitative estimate of drug-likeness (QED) is 0.281. The van der Waals surface area contributed by atoms with E-state index in [1.807, 2.05) is 0 Å². The summed E-state index contributed by atoms with van der Waals surface area (Å²) in [6.07, 6.45) is 8.47. The van der Waals surface area contributed by atoms with Crippen molar-refractivity contribution in [2.75, 3.05) is 0 Å². The van der Waals surface area contributed by atoms with Crippen LogP contribution in [-0.2, 0) is 17.6 Å². The Morgan fingerprint density at radius 1 is 0.719 bits per heavy atom. The molecule has 1 heteroatoms. The van der Waals surface area contributed by atoms with Crippen LogP contribution in [-0.4, -0.2) is 5.78 Å². The smallest absolute Gasteiger partial charge is 0.141 e. The number of unbranched alkanes of at least 4 members (excludes halogenated alkanes) is 3. The van der Waals surface area contributed by atoms with Gasteiger partial charge in [-0.15, -0.1) is 0 Å². The normalized spacial score (nSPS) is 12.0. The van der Waals surface area contributed by atoms with Crippen molar-refractivity contribution in [3.63, 3.8) is 0 Å². The number of carbonyl (C=O) groups excluding carboxylic acids is 1. The number of rotatable bonds is 11. The van der Waals surface area contributed by atoms with Gasteiger partial charge in [-0.05, 0) is 78.5 Å². The van der Waals surface area contributed by atoms with Gasteiger partial charge in [0.1, 0.15) is 5.78 Å². The van der Waals surface area contributed by atoms with Gasteiger partial charge in [-0.2, -0.15) is 0 Å². The molecule has 0 saturated heterocycles. The Kier molecular flexibility index (Phi) is 8.85. The van der Waals surface area contributed by atoms with Crippen LogP contribution < -0.4 is 0 Å². The van der Waals surface area contributed by atoms with E-state index in [4.69, 9.17) is 0 Å². The van der Waals surface area contributed by atoms with Gasteiger partial charge in [0.05, 0.1) is 5.92 Å². The lowest BCUT2D eigenvalue weighted by molar-refractivity contribution is -0.117. The molecule has 0 heterocycles. The summed E-state index contributed by atoms with van der Waals surface area (Å²) in [5.74, 6) is -0.0104. The molecule has 3 aromatic rings. The second-order valence-corrected chi connectivity index (χ2v) is 9.11. The molecule has 0 N–H and O–H groups in total. The van der Waals surface area contributed by atoms with Crippen LogP contribution in [0.1, 0.15) is 86.6 Å². The van der Waals surface area contributed by atoms with E-state index in [2.05, 4.69) is 87.5 Å². The summed E-state index contributed by atoms with van der Waals surface area (Å²) in [7, 11) is 0. The Bertz CT molecular complexity index is 996. The fourth-order valence-corrected chi connectivity index (χ4v) is 4.51. The van der Waals surface area contributed by atoms with Gasteiger partial charge in [0.2, 0.25) is 0 Å². The molecule has 0 fully saturated rings. The summed E-state index contributed by atoms with van der Waals surface area (Å²) in [6, 6.07) is 24.2. The average molecular weight is 427 g/mol. The van der Waals surface area contributed by atoms with E-state index in [0.29, 0.717) is 0 Å². The molecule has 32 heavy (non-hydrogen) atoms. The maximum Gasteiger partial charge on any atom is 0.141 e. The SMILES string of the molecule is CCCCCc1ccc(-c2ccc(C(C(C)=O)c3ccc(CCCC)cc3)c(C)c2)cc1. The number of aryl methyl sites for hydroxylation is 3. The molecular weight excluding hydrogens is 388 g/mol. The van der Waals surface area contributed by atoms with Crippen molar-refractivity contribution in [3.8, 4) is 11.1 Å². The number of hydrogen-bond acceptors (Lipinski definition) is 1. The van der Waals surface area contributed by atoms with Gasteiger partial charge in [-0.25, -0.2) is 0 Å². The minimum Gasteiger partial charge on any atom is -0.299 e. The number of carbonyl (C=O) groups is 1. The summed E-state index contributed by atoms with van der Waals surface area (Å²) in [6.45, 7) is 8.30. The number of hydrogen-bond donors (Lipinski definition) is 0. The van der Waals surface area contributed by atoms with Crippen LogP contribution in [0.15, 0.2) is 66.7 Å². The molecule has 0 spiro atoms. The Balaban J connectivity index is 1.81. The highest BCUT2D eigenvalue weighted by molar-refractivity contribution is 5.87. The zero-order chi connectivity index (χ0) is 22.9. The molecule has 1 nitrogen and oxygen atoms in total. The molecule has 3 rings (SSSR count). The highest BCUT2D eigenvalue weighted by atomic mass is 16.1. The summed E-state index contributed by atoms with van der Waals surface area (Å²) in [4.78, 5) is 12.7. The lowest BCUT2D eigenvalue weighted by Crippen LogP contribution is -2.12. The predicted octanol–water partition coefficient (Wildman–Crippen LogP) is 8.46. The highest BCUT2D eigenvalue weighted by Crippen LogP contribution is 2.32. The van der Waals surface area contributed by atoms with Crippen molar-refractivity contribution in [2.24, 2.45) is 0 Å². The van der Waals surface area contributed by atoms with Gasteiger partial charge >= 0.3 is 0 Å². The van der Waals surface area contributed by atoms with Crippen LogP contribution in [0.4, 0.5) is 0 Å².